The van der Waals surface area contributed by atoms with E-state index in [1.807, 2.05) is 0 Å². The van der Waals surface area contributed by atoms with Crippen LogP contribution in [0.1, 0.15) is 105 Å². The first-order valence-corrected chi connectivity index (χ1v) is 30.1. The number of aromatic hydroxyl groups is 1. The van der Waals surface area contributed by atoms with E-state index in [1.165, 1.54) is 31.2 Å². The zero-order valence-corrected chi connectivity index (χ0v) is 53.2. The van der Waals surface area contributed by atoms with Crippen LogP contribution in [0.15, 0.2) is 54.6 Å². The Morgan fingerprint density at radius 3 is 1.38 bits per heavy atom. The molecule has 0 fully saturated rings. The minimum Gasteiger partial charge on any atom is -0.508 e. The van der Waals surface area contributed by atoms with Crippen molar-refractivity contribution >= 4 is 88.8 Å². The molecule has 21 N–H and O–H groups in total. The van der Waals surface area contributed by atoms with Gasteiger partial charge in [-0.1, -0.05) is 90.4 Å². The topological polar surface area (TPSA) is 562 Å². The van der Waals surface area contributed by atoms with Crippen molar-refractivity contribution in [1.29, 1.82) is 0 Å². The van der Waals surface area contributed by atoms with Crippen LogP contribution in [0.3, 0.4) is 0 Å². The number of phenolic OH excluding ortho intramolecular Hbond substituents is 1. The number of nitrogens with one attached hydrogen (secondary N) is 11. The minimum absolute atomic E-state index is 0.00757. The van der Waals surface area contributed by atoms with Gasteiger partial charge in [-0.25, -0.2) is 4.79 Å². The zero-order valence-electron chi connectivity index (χ0n) is 53.2. The van der Waals surface area contributed by atoms with Crippen molar-refractivity contribution in [2.24, 2.45) is 29.2 Å². The molecule has 2 aromatic carbocycles. The summed E-state index contributed by atoms with van der Waals surface area (Å²) in [6.07, 6.45) is -3.59. The molecule has 12 amide bonds. The molecular weight excluding hydrogens is 1240 g/mol. The monoisotopic (exact) mass is 1330 g/mol. The van der Waals surface area contributed by atoms with Gasteiger partial charge >= 0.3 is 17.9 Å². The van der Waals surface area contributed by atoms with Crippen molar-refractivity contribution in [2.75, 3.05) is 19.8 Å². The van der Waals surface area contributed by atoms with Crippen LogP contribution >= 0.6 is 0 Å². The summed E-state index contributed by atoms with van der Waals surface area (Å²) in [6, 6.07) is -4.25. The van der Waals surface area contributed by atoms with Gasteiger partial charge in [-0.3, -0.25) is 67.1 Å². The van der Waals surface area contributed by atoms with Gasteiger partial charge in [0.15, 0.2) is 0 Å². The largest absolute Gasteiger partial charge is 0.508 e. The van der Waals surface area contributed by atoms with Crippen LogP contribution in [0.25, 0.3) is 0 Å². The molecule has 0 spiro atoms. The van der Waals surface area contributed by atoms with E-state index in [0.29, 0.717) is 11.1 Å². The Kier molecular flexibility index (Phi) is 34.3. The van der Waals surface area contributed by atoms with Crippen molar-refractivity contribution in [2.45, 2.75) is 173 Å². The maximum Gasteiger partial charge on any atom is 0.328 e. The lowest BCUT2D eigenvalue weighted by Crippen LogP contribution is -2.61. The average molecular weight is 1330 g/mol. The number of nitrogens with two attached hydrogens (primary N) is 2. The van der Waals surface area contributed by atoms with Gasteiger partial charge in [-0.05, 0) is 67.2 Å². The summed E-state index contributed by atoms with van der Waals surface area (Å²) >= 11 is 0. The van der Waals surface area contributed by atoms with E-state index in [0.717, 1.165) is 0 Å². The predicted molar refractivity (Wildman–Crippen MR) is 331 cm³/mol. The van der Waals surface area contributed by atoms with Crippen LogP contribution < -0.4 is 70.0 Å². The Balaban J connectivity index is 2.45. The molecule has 34 nitrogen and oxygen atoms in total. The van der Waals surface area contributed by atoms with Crippen LogP contribution in [0.5, 0.6) is 5.75 Å². The third-order valence-electron chi connectivity index (χ3n) is 14.3. The van der Waals surface area contributed by atoms with Gasteiger partial charge in [0.1, 0.15) is 72.2 Å². The summed E-state index contributed by atoms with van der Waals surface area (Å²) in [5, 5.41) is 83.1. The van der Waals surface area contributed by atoms with Gasteiger partial charge in [0.25, 0.3) is 0 Å². The highest BCUT2D eigenvalue weighted by Crippen LogP contribution is 2.16. The van der Waals surface area contributed by atoms with E-state index in [1.54, 1.807) is 71.9 Å². The fourth-order valence-corrected chi connectivity index (χ4v) is 8.94. The van der Waals surface area contributed by atoms with E-state index in [9.17, 15) is 103 Å². The number of amides is 12. The molecule has 0 aliphatic rings. The van der Waals surface area contributed by atoms with Crippen LogP contribution in [-0.4, -0.2) is 206 Å². The fourth-order valence-electron chi connectivity index (χ4n) is 8.94. The Hall–Kier alpha value is -9.83. The quantitative estimate of drug-likeness (QED) is 0.0296. The first-order chi connectivity index (χ1) is 44.1. The Bertz CT molecular complexity index is 2970. The molecule has 0 saturated carbocycles. The third kappa shape index (κ3) is 29.2. The maximum absolute atomic E-state index is 14.4. The summed E-state index contributed by atoms with van der Waals surface area (Å²) in [7, 11) is 0. The first-order valence-electron chi connectivity index (χ1n) is 30.1. The molecule has 0 aliphatic heterocycles. The molecule has 0 bridgehead atoms. The SMILES string of the molecule is CC[C@H](C)[C@H](NC(=O)[C@H](C)NC(=O)[C@H](CC(N)=O)NC(=O)[C@H](Cc1ccc(O)cc1)NC(=O)[C@H](Cc1ccccc1)NC(=O)CNC(=O)[C@H](CC(=O)O)NC(=O)[C@@H](N)CO)C(=O)N[C@@H](CCC(=O)O)C(=O)N[C@@H](CC(C)C)C(=O)N[C@@H](CC(C)C)C(=O)N[C@@H](CO)C(=O)O. The van der Waals surface area contributed by atoms with Crippen LogP contribution in [0, 0.1) is 17.8 Å². The molecule has 94 heavy (non-hydrogen) atoms. The number of carboxylic acids is 3. The number of hydrogen-bond acceptors (Lipinski definition) is 19. The number of rotatable bonds is 42. The number of hydrogen-bond donors (Lipinski definition) is 19. The first kappa shape index (κ1) is 80.3. The molecule has 2 rings (SSSR count). The number of carboxylic acid groups (broad SMARTS) is 3. The van der Waals surface area contributed by atoms with Crippen molar-refractivity contribution in [3.05, 3.63) is 65.7 Å². The second-order valence-corrected chi connectivity index (χ2v) is 23.2. The third-order valence-corrected chi connectivity index (χ3v) is 14.3. The molecule has 520 valence electrons. The lowest BCUT2D eigenvalue weighted by atomic mass is 9.97. The summed E-state index contributed by atoms with van der Waals surface area (Å²) in [6.45, 7) is 8.49. The van der Waals surface area contributed by atoms with Crippen molar-refractivity contribution in [1.82, 2.24) is 58.5 Å². The van der Waals surface area contributed by atoms with Crippen molar-refractivity contribution in [3.8, 4) is 5.75 Å². The van der Waals surface area contributed by atoms with Gasteiger partial charge in [-0.2, -0.15) is 0 Å². The second-order valence-electron chi connectivity index (χ2n) is 23.2. The van der Waals surface area contributed by atoms with E-state index in [-0.39, 0.29) is 49.7 Å². The Morgan fingerprint density at radius 1 is 0.457 bits per heavy atom. The van der Waals surface area contributed by atoms with Crippen LogP contribution in [-0.2, 0) is 84.8 Å². The summed E-state index contributed by atoms with van der Waals surface area (Å²) in [5.74, 6) is -18.6. The lowest BCUT2D eigenvalue weighted by Gasteiger charge is -2.29. The fraction of sp³-hybridized carbons (Fsp3) is 0.550. The minimum atomic E-state index is -1.88. The Morgan fingerprint density at radius 2 is 0.904 bits per heavy atom. The molecule has 0 aromatic heterocycles. The second kappa shape index (κ2) is 40.2. The molecule has 34 heteroatoms. The van der Waals surface area contributed by atoms with E-state index >= 15 is 0 Å². The molecule has 0 unspecified atom stereocenters. The lowest BCUT2D eigenvalue weighted by molar-refractivity contribution is -0.143. The van der Waals surface area contributed by atoms with Gasteiger partial charge < -0.3 is 101 Å². The van der Waals surface area contributed by atoms with Gasteiger partial charge in [0, 0.05) is 19.3 Å². The number of aliphatic hydroxyl groups excluding tert-OH is 2. The molecular formula is C60H89N13O21. The molecule has 12 atom stereocenters. The highest BCUT2D eigenvalue weighted by Gasteiger charge is 2.37. The highest BCUT2D eigenvalue weighted by molar-refractivity contribution is 6.00. The number of aliphatic hydroxyl groups is 2. The molecule has 0 saturated heterocycles. The maximum atomic E-state index is 14.4. The molecule has 0 radical (unpaired) electrons. The van der Waals surface area contributed by atoms with E-state index < -0.39 is 207 Å². The number of aliphatic carboxylic acids is 3. The van der Waals surface area contributed by atoms with Crippen molar-refractivity contribution in [3.63, 3.8) is 0 Å². The summed E-state index contributed by atoms with van der Waals surface area (Å²) in [5.41, 5.74) is 11.8. The zero-order chi connectivity index (χ0) is 71.1. The van der Waals surface area contributed by atoms with Crippen molar-refractivity contribution < 1.29 is 103 Å². The standard InChI is InChI=1S/C60H89N13O21/c1-8-31(6)49(59(92)66-37(18-19-47(79)80)53(86)68-38(20-29(2)3)55(88)69-39(21-30(4)5)56(89)72-44(28-75)60(93)94)73-50(83)32(7)64-54(87)42(24-45(62)77)71-58(91)41(23-34-14-16-35(76)17-15-34)70-57(90)40(22-33-12-10-9-11-13-33)65-46(78)26-63-52(85)43(25-48(81)82)67-51(84)36(61)27-74/h9-17,29-32,36-44,49,74-76H,8,18-28,61H2,1-7H3,(H2,62,77)(H,63,85)(H,64,87)(H,65,78)(H,66,92)(H,67,84)(H,68,86)(H,69,88)(H,70,90)(H,71,91)(H,72,89)(H,73,83)(H,79,80)(H,81,82)(H,93,94)/t31-,32-,36-,37-,38-,39-,40-,41-,42-,43-,44-,49-/m0/s1. The van der Waals surface area contributed by atoms with Crippen LogP contribution in [0.4, 0.5) is 0 Å². The van der Waals surface area contributed by atoms with Gasteiger partial charge in [-0.15, -0.1) is 0 Å². The highest BCUT2D eigenvalue weighted by atomic mass is 16.4. The predicted octanol–water partition coefficient (Wildman–Crippen LogP) is -5.09. The van der Waals surface area contributed by atoms with E-state index in [4.69, 9.17) is 11.5 Å². The van der Waals surface area contributed by atoms with Gasteiger partial charge in [0.2, 0.25) is 70.9 Å². The Labute approximate surface area is 541 Å². The molecule has 0 aliphatic carbocycles. The number of carbonyl (C=O) groups is 15. The summed E-state index contributed by atoms with van der Waals surface area (Å²) in [4.78, 5) is 198. The molecule has 0 heterocycles. The van der Waals surface area contributed by atoms with E-state index in [2.05, 4.69) is 58.5 Å². The normalized spacial score (nSPS) is 14.9. The smallest absolute Gasteiger partial charge is 0.328 e. The number of benzene rings is 2. The average Bonchev–Trinajstić information content (AvgIpc) is 1.03. The molecule has 2 aromatic rings. The number of primary amides is 1. The van der Waals surface area contributed by atoms with Crippen LogP contribution in [0.2, 0.25) is 0 Å². The number of carbonyl (C=O) groups excluding carboxylic acids is 12. The summed E-state index contributed by atoms with van der Waals surface area (Å²) < 4.78 is 0. The number of phenols is 1. The van der Waals surface area contributed by atoms with Gasteiger partial charge in [0.05, 0.1) is 32.6 Å².